The first kappa shape index (κ1) is 26.1. The number of amides is 1. The van der Waals surface area contributed by atoms with Crippen molar-refractivity contribution in [3.8, 4) is 0 Å². The van der Waals surface area contributed by atoms with Crippen LogP contribution in [0.3, 0.4) is 0 Å². The Labute approximate surface area is 196 Å². The van der Waals surface area contributed by atoms with E-state index in [4.69, 9.17) is 9.47 Å². The fourth-order valence-electron chi connectivity index (χ4n) is 3.60. The fraction of sp³-hybridized carbons (Fsp3) is 0.652. The zero-order chi connectivity index (χ0) is 22.5. The highest BCUT2D eigenvalue weighted by Gasteiger charge is 2.29. The number of carbonyl (C=O) groups is 2. The van der Waals surface area contributed by atoms with Crippen molar-refractivity contribution >= 4 is 43.1 Å². The smallest absolute Gasteiger partial charge is 0.331 e. The zero-order valence-electron chi connectivity index (χ0n) is 19.0. The maximum atomic E-state index is 12.7. The van der Waals surface area contributed by atoms with Crippen molar-refractivity contribution in [1.82, 2.24) is 5.32 Å². The number of nitrogens with one attached hydrogen (secondary N) is 1. The summed E-state index contributed by atoms with van der Waals surface area (Å²) in [5.74, 6) is 2.13. The Morgan fingerprint density at radius 3 is 2.58 bits per heavy atom. The maximum Gasteiger partial charge on any atom is 0.331 e. The molecule has 1 N–H and O–H groups in total. The van der Waals surface area contributed by atoms with Crippen molar-refractivity contribution in [1.29, 1.82) is 0 Å². The molecule has 2 rings (SSSR count). The average Bonchev–Trinajstić information content (AvgIpc) is 2.76. The summed E-state index contributed by atoms with van der Waals surface area (Å²) in [6.07, 6.45) is 4.75. The summed E-state index contributed by atoms with van der Waals surface area (Å²) in [6.45, 7) is 4.76. The van der Waals surface area contributed by atoms with Crippen molar-refractivity contribution in [3.05, 3.63) is 35.9 Å². The number of rotatable bonds is 13. The van der Waals surface area contributed by atoms with Crippen LogP contribution in [0.5, 0.6) is 0 Å². The van der Waals surface area contributed by atoms with Crippen molar-refractivity contribution in [2.24, 2.45) is 5.92 Å². The van der Waals surface area contributed by atoms with Gasteiger partial charge in [0.1, 0.15) is 6.04 Å². The Hall–Kier alpha value is -1.12. The topological polar surface area (TPSA) is 64.6 Å². The number of ether oxygens (including phenoxy) is 2. The molecular formula is C23H36BNO4S2. The molecule has 0 aliphatic carbocycles. The minimum atomic E-state index is -0.761. The van der Waals surface area contributed by atoms with Gasteiger partial charge in [-0.15, -0.1) is 23.5 Å². The molecule has 1 fully saturated rings. The van der Waals surface area contributed by atoms with Gasteiger partial charge in [-0.3, -0.25) is 4.79 Å². The molecule has 3 atom stereocenters. The first-order valence-electron chi connectivity index (χ1n) is 11.3. The van der Waals surface area contributed by atoms with Crippen LogP contribution in [0.2, 0.25) is 0 Å². The third-order valence-electron chi connectivity index (χ3n) is 5.12. The van der Waals surface area contributed by atoms with Gasteiger partial charge in [-0.1, -0.05) is 43.7 Å². The standard InChI is InChI=1S/C23H36BNO4S2/c1-3-4-11-28-16-20(25-23(24)27)21(26)29-17(2)14-19(22-30-12-8-13-31-22)15-18-9-6-5-7-10-18/h5-7,9-10,17,19-20,22H,3-4,8,11-16,24H2,1-2H3,(H,25,27)/t17-,19-,20-/m0/s1. The molecule has 1 aromatic carbocycles. The van der Waals surface area contributed by atoms with Crippen LogP contribution in [0.4, 0.5) is 4.79 Å². The summed E-state index contributed by atoms with van der Waals surface area (Å²) in [4.78, 5) is 24.3. The summed E-state index contributed by atoms with van der Waals surface area (Å²) in [5.41, 5.74) is 1.32. The highest BCUT2D eigenvalue weighted by molar-refractivity contribution is 8.17. The second kappa shape index (κ2) is 14.9. The number of thioether (sulfide) groups is 2. The van der Waals surface area contributed by atoms with E-state index in [-0.39, 0.29) is 18.5 Å². The number of benzene rings is 1. The summed E-state index contributed by atoms with van der Waals surface area (Å²) >= 11 is 4.05. The molecule has 0 spiro atoms. The molecule has 1 heterocycles. The van der Waals surface area contributed by atoms with E-state index in [1.54, 1.807) is 0 Å². The number of esters is 1. The van der Waals surface area contributed by atoms with Crippen LogP contribution in [-0.2, 0) is 20.7 Å². The van der Waals surface area contributed by atoms with E-state index >= 15 is 0 Å². The second-order valence-electron chi connectivity index (χ2n) is 8.08. The van der Waals surface area contributed by atoms with E-state index in [9.17, 15) is 9.59 Å². The molecule has 0 unspecified atom stereocenters. The van der Waals surface area contributed by atoms with Crippen LogP contribution in [0.15, 0.2) is 30.3 Å². The van der Waals surface area contributed by atoms with Crippen LogP contribution in [0.1, 0.15) is 45.1 Å². The lowest BCUT2D eigenvalue weighted by Crippen LogP contribution is -2.45. The second-order valence-corrected chi connectivity index (χ2v) is 10.9. The van der Waals surface area contributed by atoms with Gasteiger partial charge in [0.2, 0.25) is 7.85 Å². The number of unbranched alkanes of at least 4 members (excludes halogenated alkanes) is 1. The lowest BCUT2D eigenvalue weighted by atomic mass is 9.95. The highest BCUT2D eigenvalue weighted by atomic mass is 32.2. The van der Waals surface area contributed by atoms with E-state index < -0.39 is 12.0 Å². The number of hydrogen-bond donors (Lipinski definition) is 1. The molecule has 1 aliphatic heterocycles. The van der Waals surface area contributed by atoms with E-state index in [2.05, 4.69) is 36.5 Å². The van der Waals surface area contributed by atoms with E-state index in [1.807, 2.05) is 36.5 Å². The third-order valence-corrected chi connectivity index (χ3v) is 8.41. The van der Waals surface area contributed by atoms with E-state index in [0.717, 1.165) is 25.7 Å². The SMILES string of the molecule is BC(=O)N[C@@H](COCCCC)C(=O)O[C@@H](C)C[C@@H](Cc1ccccc1)C1SCCCS1. The van der Waals surface area contributed by atoms with Gasteiger partial charge in [-0.05, 0) is 55.6 Å². The maximum absolute atomic E-state index is 12.7. The Bertz CT molecular complexity index is 658. The number of hydrogen-bond acceptors (Lipinski definition) is 6. The van der Waals surface area contributed by atoms with Gasteiger partial charge in [0, 0.05) is 6.61 Å². The highest BCUT2D eigenvalue weighted by Crippen LogP contribution is 2.39. The van der Waals surface area contributed by atoms with Crippen LogP contribution in [0.25, 0.3) is 0 Å². The molecule has 1 aliphatic rings. The van der Waals surface area contributed by atoms with Crippen molar-refractivity contribution in [2.45, 2.75) is 62.7 Å². The van der Waals surface area contributed by atoms with Crippen molar-refractivity contribution in [2.75, 3.05) is 24.7 Å². The van der Waals surface area contributed by atoms with Crippen LogP contribution in [-0.4, -0.2) is 61.1 Å². The molecule has 8 heteroatoms. The first-order valence-corrected chi connectivity index (χ1v) is 13.4. The fourth-order valence-corrected chi connectivity index (χ4v) is 6.79. The normalized spacial score (nSPS) is 17.5. The Balaban J connectivity index is 1.95. The van der Waals surface area contributed by atoms with E-state index in [1.165, 1.54) is 31.3 Å². The van der Waals surface area contributed by atoms with Gasteiger partial charge in [-0.25, -0.2) is 4.79 Å². The Morgan fingerprint density at radius 2 is 1.94 bits per heavy atom. The molecule has 1 aromatic rings. The average molecular weight is 465 g/mol. The van der Waals surface area contributed by atoms with Gasteiger partial charge in [0.25, 0.3) is 0 Å². The predicted molar refractivity (Wildman–Crippen MR) is 134 cm³/mol. The monoisotopic (exact) mass is 465 g/mol. The minimum absolute atomic E-state index is 0.146. The van der Waals surface area contributed by atoms with Gasteiger partial charge < -0.3 is 14.8 Å². The predicted octanol–water partition coefficient (Wildman–Crippen LogP) is 3.89. The zero-order valence-corrected chi connectivity index (χ0v) is 20.6. The van der Waals surface area contributed by atoms with Crippen molar-refractivity contribution in [3.63, 3.8) is 0 Å². The van der Waals surface area contributed by atoms with E-state index in [0.29, 0.717) is 17.1 Å². The van der Waals surface area contributed by atoms with Gasteiger partial charge in [-0.2, -0.15) is 0 Å². The quantitative estimate of drug-likeness (QED) is 0.271. The van der Waals surface area contributed by atoms with Crippen molar-refractivity contribution < 1.29 is 19.1 Å². The van der Waals surface area contributed by atoms with Crippen LogP contribution in [0, 0.1) is 5.92 Å². The molecule has 1 saturated heterocycles. The Morgan fingerprint density at radius 1 is 1.23 bits per heavy atom. The summed E-state index contributed by atoms with van der Waals surface area (Å²) in [5, 5.41) is 2.67. The molecule has 31 heavy (non-hydrogen) atoms. The first-order chi connectivity index (χ1) is 15.0. The third kappa shape index (κ3) is 10.4. The van der Waals surface area contributed by atoms with Gasteiger partial charge in [0.05, 0.1) is 17.3 Å². The Kier molecular flexibility index (Phi) is 12.5. The van der Waals surface area contributed by atoms with Crippen LogP contribution < -0.4 is 5.32 Å². The molecule has 0 saturated carbocycles. The van der Waals surface area contributed by atoms with Gasteiger partial charge in [0.15, 0.2) is 5.81 Å². The molecule has 5 nitrogen and oxygen atoms in total. The summed E-state index contributed by atoms with van der Waals surface area (Å²) in [6, 6.07) is 9.77. The molecule has 0 bridgehead atoms. The molecule has 1 amide bonds. The summed E-state index contributed by atoms with van der Waals surface area (Å²) in [7, 11) is 1.41. The minimum Gasteiger partial charge on any atom is -0.461 e. The van der Waals surface area contributed by atoms with Gasteiger partial charge >= 0.3 is 5.97 Å². The molecule has 172 valence electrons. The molecular weight excluding hydrogens is 429 g/mol. The molecule has 0 aromatic heterocycles. The lowest BCUT2D eigenvalue weighted by Gasteiger charge is -2.31. The number of carbonyl (C=O) groups excluding carboxylic acids is 2. The molecule has 0 radical (unpaired) electrons. The lowest BCUT2D eigenvalue weighted by molar-refractivity contribution is -0.152. The van der Waals surface area contributed by atoms with Crippen LogP contribution >= 0.6 is 23.5 Å². The summed E-state index contributed by atoms with van der Waals surface area (Å²) < 4.78 is 11.9. The largest absolute Gasteiger partial charge is 0.461 e.